The Kier molecular flexibility index (Phi) is 11.3. The number of carboxylic acids is 1. The lowest BCUT2D eigenvalue weighted by Crippen LogP contribution is -3.09. The topological polar surface area (TPSA) is 161 Å². The average molecular weight is 774 g/mol. The van der Waals surface area contributed by atoms with Crippen LogP contribution in [-0.4, -0.2) is 98.1 Å². The van der Waals surface area contributed by atoms with E-state index in [2.05, 4.69) is 66.0 Å². The van der Waals surface area contributed by atoms with E-state index in [-0.39, 0.29) is 18.7 Å². The number of fused-ring (bicyclic) bond motifs is 3. The normalized spacial score (nSPS) is 21.5. The number of carbonyl (C=O) groups excluding carboxylic acids is 2. The van der Waals surface area contributed by atoms with Crippen molar-refractivity contribution in [3.05, 3.63) is 93.8 Å². The van der Waals surface area contributed by atoms with E-state index in [1.807, 2.05) is 50.5 Å². The number of amides is 1. The molecule has 6 rings (SSSR count). The van der Waals surface area contributed by atoms with Crippen LogP contribution in [0, 0.1) is 0 Å². The van der Waals surface area contributed by atoms with Gasteiger partial charge in [0.2, 0.25) is 11.6 Å². The van der Waals surface area contributed by atoms with E-state index < -0.39 is 44.6 Å². The van der Waals surface area contributed by atoms with Crippen molar-refractivity contribution < 1.29 is 41.9 Å². The predicted octanol–water partition coefficient (Wildman–Crippen LogP) is 3.42. The van der Waals surface area contributed by atoms with E-state index in [9.17, 15) is 27.4 Å². The molecule has 2 aromatic carbocycles. The zero-order chi connectivity index (χ0) is 39.9. The van der Waals surface area contributed by atoms with Crippen LogP contribution in [0.1, 0.15) is 77.3 Å². The number of Topliss-reactive ketones (excluding diaryl/α,β-unsaturated/α-hetero) is 1. The van der Waals surface area contributed by atoms with Crippen LogP contribution in [0.15, 0.2) is 82.7 Å². The van der Waals surface area contributed by atoms with Gasteiger partial charge in [-0.15, -0.1) is 0 Å². The fourth-order valence-electron chi connectivity index (χ4n) is 8.87. The Morgan fingerprint density at radius 3 is 2.38 bits per heavy atom. The molecule has 0 spiro atoms. The second-order valence-corrected chi connectivity index (χ2v) is 17.8. The molecule has 13 heteroatoms. The second-order valence-electron chi connectivity index (χ2n) is 16.3. The third-order valence-electron chi connectivity index (χ3n) is 11.7. The minimum Gasteiger partial charge on any atom is -0.481 e. The van der Waals surface area contributed by atoms with Crippen molar-refractivity contribution >= 4 is 44.9 Å². The van der Waals surface area contributed by atoms with E-state index in [0.717, 1.165) is 71.2 Å². The van der Waals surface area contributed by atoms with Crippen LogP contribution in [0.2, 0.25) is 0 Å². The van der Waals surface area contributed by atoms with E-state index in [1.165, 1.54) is 5.56 Å². The van der Waals surface area contributed by atoms with Gasteiger partial charge in [-0.05, 0) is 57.2 Å². The summed E-state index contributed by atoms with van der Waals surface area (Å²) < 4.78 is 37.2. The highest BCUT2D eigenvalue weighted by atomic mass is 32.2. The maximum atomic E-state index is 14.6. The summed E-state index contributed by atoms with van der Waals surface area (Å²) in [6.07, 6.45) is 5.69. The molecule has 294 valence electrons. The van der Waals surface area contributed by atoms with E-state index in [1.54, 1.807) is 0 Å². The van der Waals surface area contributed by atoms with Crippen molar-refractivity contribution in [2.45, 2.75) is 83.1 Å². The number of aliphatic carboxylic acids is 1. The van der Waals surface area contributed by atoms with Gasteiger partial charge in [0, 0.05) is 59.5 Å². The smallest absolute Gasteiger partial charge is 0.303 e. The van der Waals surface area contributed by atoms with Gasteiger partial charge in [-0.1, -0.05) is 50.2 Å². The number of rotatable bonds is 15. The quantitative estimate of drug-likeness (QED) is 0.0792. The van der Waals surface area contributed by atoms with Crippen molar-refractivity contribution in [3.8, 4) is 0 Å². The molecule has 3 aliphatic heterocycles. The number of quaternary nitrogens is 1. The number of unbranched alkanes of at least 4 members (excludes halogenated alkanes) is 2. The molecule has 0 fully saturated rings. The number of nitrogens with zero attached hydrogens (tertiary/aromatic N) is 2. The molecule has 0 bridgehead atoms. The number of para-hydroxylation sites is 2. The summed E-state index contributed by atoms with van der Waals surface area (Å²) in [4.78, 5) is 42.4. The number of carboxylic acid groups (broad SMARTS) is 1. The maximum Gasteiger partial charge on any atom is 0.303 e. The first-order chi connectivity index (χ1) is 25.9. The summed E-state index contributed by atoms with van der Waals surface area (Å²) in [6, 6.07) is 15.0. The first-order valence-electron chi connectivity index (χ1n) is 19.3. The molecule has 1 aliphatic carbocycles. The van der Waals surface area contributed by atoms with Crippen molar-refractivity contribution in [3.63, 3.8) is 0 Å². The molecule has 0 radical (unpaired) electrons. The van der Waals surface area contributed by atoms with Gasteiger partial charge in [-0.25, -0.2) is 0 Å². The third kappa shape index (κ3) is 7.92. The van der Waals surface area contributed by atoms with Gasteiger partial charge in [-0.2, -0.15) is 13.0 Å². The molecule has 3 heterocycles. The lowest BCUT2D eigenvalue weighted by molar-refractivity contribution is -0.878. The van der Waals surface area contributed by atoms with Crippen LogP contribution in [0.5, 0.6) is 0 Å². The SMILES string of the molecule is CN1/C(=C/C2=C(NC(CS(=O)(=O)O)C(=O)NCC[NH+](C)CCCCCC(=O)O)C(=C3\CCC[N+]4=C3C(C)(C)c3ccccc34)/C2=O)C(C)(C)c2ccccc21. The van der Waals surface area contributed by atoms with Gasteiger partial charge >= 0.3 is 5.97 Å². The molecule has 55 heavy (non-hydrogen) atoms. The second kappa shape index (κ2) is 15.5. The maximum absolute atomic E-state index is 14.6. The number of likely N-dealkylation sites (N-methyl/N-ethyl adjacent to an activating group) is 2. The van der Waals surface area contributed by atoms with Gasteiger partial charge in [-0.3, -0.25) is 18.9 Å². The number of hydrogen-bond donors (Lipinski definition) is 5. The fraction of sp³-hybridized carbons (Fsp3) is 0.476. The Morgan fingerprint density at radius 2 is 1.69 bits per heavy atom. The van der Waals surface area contributed by atoms with Crippen molar-refractivity contribution in [1.29, 1.82) is 0 Å². The summed E-state index contributed by atoms with van der Waals surface area (Å²) in [7, 11) is -0.678. The number of ketones is 1. The molecular formula is C42H55N5O7S+2. The molecular weight excluding hydrogens is 719 g/mol. The number of nitrogens with one attached hydrogen (secondary N) is 3. The molecule has 2 aromatic rings. The highest BCUT2D eigenvalue weighted by molar-refractivity contribution is 7.85. The molecule has 5 N–H and O–H groups in total. The van der Waals surface area contributed by atoms with Crippen LogP contribution in [-0.2, 0) is 35.3 Å². The number of anilines is 1. The lowest BCUT2D eigenvalue weighted by atomic mass is 9.72. The number of hydrogen-bond acceptors (Lipinski definition) is 7. The molecule has 4 aliphatic rings. The molecule has 12 nitrogen and oxygen atoms in total. The van der Waals surface area contributed by atoms with Gasteiger partial charge in [0.25, 0.3) is 10.1 Å². The Hall–Kier alpha value is -4.59. The molecule has 2 atom stereocenters. The summed E-state index contributed by atoms with van der Waals surface area (Å²) in [5.41, 5.74) is 7.56. The van der Waals surface area contributed by atoms with Crippen molar-refractivity contribution in [2.75, 3.05) is 50.9 Å². The molecule has 0 saturated carbocycles. The summed E-state index contributed by atoms with van der Waals surface area (Å²) in [5.74, 6) is -2.47. The van der Waals surface area contributed by atoms with Gasteiger partial charge in [0.15, 0.2) is 11.5 Å². The number of allylic oxidation sites excluding steroid dienone is 5. The minimum absolute atomic E-state index is 0.141. The van der Waals surface area contributed by atoms with Crippen LogP contribution in [0.25, 0.3) is 0 Å². The third-order valence-corrected chi connectivity index (χ3v) is 12.5. The molecule has 0 aromatic heterocycles. The molecule has 1 amide bonds. The van der Waals surface area contributed by atoms with E-state index in [4.69, 9.17) is 5.11 Å². The highest BCUT2D eigenvalue weighted by Crippen LogP contribution is 2.50. The fourth-order valence-corrected chi connectivity index (χ4v) is 9.53. The Balaban J connectivity index is 1.36. The Morgan fingerprint density at radius 1 is 1.00 bits per heavy atom. The van der Waals surface area contributed by atoms with Crippen LogP contribution >= 0.6 is 0 Å². The zero-order valence-corrected chi connectivity index (χ0v) is 33.6. The van der Waals surface area contributed by atoms with E-state index >= 15 is 0 Å². The van der Waals surface area contributed by atoms with Gasteiger partial charge in [0.05, 0.1) is 43.4 Å². The van der Waals surface area contributed by atoms with Gasteiger partial charge in [0.1, 0.15) is 18.3 Å². The first-order valence-corrected chi connectivity index (χ1v) is 20.9. The standard InChI is InChI=1S/C42H53N5O7S/c1-41(2)29-16-9-11-18-32(29)46(6)34(41)25-28-37(36(38(28)50)27-15-14-23-47-33-19-12-10-17-30(33)42(3,4)39(27)47)44-31(26-55(52,53)54)40(51)43-21-24-45(5)22-13-7-8-20-35(48)49/h9-12,16-19,25,31H,7-8,13-15,20-24,26H2,1-6H3,(H3-,43,44,48,49,50,51,52,53,54)/p+2. The summed E-state index contributed by atoms with van der Waals surface area (Å²) in [6.45, 7) is 10.9. The van der Waals surface area contributed by atoms with Crippen molar-refractivity contribution in [1.82, 2.24) is 10.6 Å². The summed E-state index contributed by atoms with van der Waals surface area (Å²) in [5, 5.41) is 14.9. The monoisotopic (exact) mass is 773 g/mol. The first kappa shape index (κ1) is 40.1. The molecule has 2 unspecified atom stereocenters. The Bertz CT molecular complexity index is 2150. The Labute approximate surface area is 324 Å². The highest BCUT2D eigenvalue weighted by Gasteiger charge is 2.52. The minimum atomic E-state index is -4.62. The van der Waals surface area contributed by atoms with Crippen LogP contribution < -0.4 is 20.4 Å². The van der Waals surface area contributed by atoms with Gasteiger partial charge < -0.3 is 25.5 Å². The average Bonchev–Trinajstić information content (AvgIpc) is 3.47. The zero-order valence-electron chi connectivity index (χ0n) is 32.8. The van der Waals surface area contributed by atoms with E-state index in [0.29, 0.717) is 36.2 Å². The summed E-state index contributed by atoms with van der Waals surface area (Å²) >= 11 is 0. The molecule has 0 saturated heterocycles. The number of carbonyl (C=O) groups is 3. The largest absolute Gasteiger partial charge is 0.481 e. The van der Waals surface area contributed by atoms with Crippen LogP contribution in [0.4, 0.5) is 11.4 Å². The van der Waals surface area contributed by atoms with Crippen LogP contribution in [0.3, 0.4) is 0 Å². The lowest BCUT2D eigenvalue weighted by Gasteiger charge is -2.34. The van der Waals surface area contributed by atoms with Crippen molar-refractivity contribution in [2.24, 2.45) is 0 Å². The predicted molar refractivity (Wildman–Crippen MR) is 213 cm³/mol. The number of benzene rings is 2.